The van der Waals surface area contributed by atoms with Gasteiger partial charge in [-0.1, -0.05) is 232 Å². The lowest BCUT2D eigenvalue weighted by molar-refractivity contribution is 0.637. The first kappa shape index (κ1) is 48.3. The molecule has 0 spiro atoms. The van der Waals surface area contributed by atoms with Crippen LogP contribution in [0.4, 0.5) is 17.3 Å². The zero-order chi connectivity index (χ0) is 55.6. The highest BCUT2D eigenvalue weighted by molar-refractivity contribution is 6.05. The minimum Gasteiger partial charge on any atom is -0.345 e. The van der Waals surface area contributed by atoms with Crippen LogP contribution in [0.3, 0.4) is 0 Å². The van der Waals surface area contributed by atoms with Crippen LogP contribution in [0.2, 0.25) is 0 Å². The summed E-state index contributed by atoms with van der Waals surface area (Å²) < 4.78 is 2.47. The van der Waals surface area contributed by atoms with Gasteiger partial charge in [0.25, 0.3) is 0 Å². The summed E-state index contributed by atoms with van der Waals surface area (Å²) in [5.41, 5.74) is 21.9. The normalized spacial score (nSPS) is 20.0. The fourth-order valence-electron chi connectivity index (χ4n) is 14.5. The fourth-order valence-corrected chi connectivity index (χ4v) is 14.5. The third-order valence-corrected chi connectivity index (χ3v) is 18.5. The first-order valence-electron chi connectivity index (χ1n) is 29.4. The molecule has 6 aliphatic rings. The van der Waals surface area contributed by atoms with Gasteiger partial charge in [-0.05, 0) is 105 Å². The zero-order valence-electron chi connectivity index (χ0n) is 46.6. The van der Waals surface area contributed by atoms with E-state index in [-0.39, 0.29) is 35.4 Å². The second kappa shape index (κ2) is 18.8. The van der Waals surface area contributed by atoms with Crippen molar-refractivity contribution in [3.8, 4) is 39.3 Å². The zero-order valence-corrected chi connectivity index (χ0v) is 46.6. The number of nitrogens with zero attached hydrogens (tertiary/aromatic N) is 6. The molecule has 0 saturated heterocycles. The average Bonchev–Trinajstić information content (AvgIpc) is 1.75. The molecule has 2 aromatic heterocycles. The largest absolute Gasteiger partial charge is 0.345 e. The number of nitrogens with one attached hydrogen (secondary N) is 1. The maximum absolute atomic E-state index is 5.56. The van der Waals surface area contributed by atoms with Crippen LogP contribution in [-0.2, 0) is 5.41 Å². The Kier molecular flexibility index (Phi) is 10.8. The van der Waals surface area contributed by atoms with Gasteiger partial charge < -0.3 is 19.7 Å². The molecular formula is C77H57N7. The Hall–Kier alpha value is -10.4. The van der Waals surface area contributed by atoms with Crippen molar-refractivity contribution in [1.82, 2.24) is 19.9 Å². The molecule has 17 rings (SSSR count). The molecule has 7 heteroatoms. The number of anilines is 3. The first-order chi connectivity index (χ1) is 41.4. The van der Waals surface area contributed by atoms with Crippen LogP contribution in [-0.4, -0.2) is 32.6 Å². The van der Waals surface area contributed by atoms with E-state index in [0.717, 1.165) is 73.3 Å². The van der Waals surface area contributed by atoms with Gasteiger partial charge in [-0.2, -0.15) is 0 Å². The average molecular weight is 1080 g/mol. The maximum Gasteiger partial charge on any atom is 0.231 e. The van der Waals surface area contributed by atoms with Gasteiger partial charge in [0.1, 0.15) is 0 Å². The second-order valence-corrected chi connectivity index (χ2v) is 23.5. The molecule has 0 radical (unpaired) electrons. The number of rotatable bonds is 7. The van der Waals surface area contributed by atoms with Gasteiger partial charge in [0.15, 0.2) is 0 Å². The molecular weight excluding hydrogens is 1020 g/mol. The second-order valence-electron chi connectivity index (χ2n) is 23.5. The molecule has 1 N–H and O–H groups in total. The van der Waals surface area contributed by atoms with Gasteiger partial charge in [-0.15, -0.1) is 0 Å². The Balaban J connectivity index is 0.774. The highest BCUT2D eigenvalue weighted by Crippen LogP contribution is 2.56. The lowest BCUT2D eigenvalue weighted by atomic mass is 9.77. The molecule has 3 aliphatic carbocycles. The number of aromatic nitrogens is 3. The highest BCUT2D eigenvalue weighted by atomic mass is 15.4. The smallest absolute Gasteiger partial charge is 0.231 e. The van der Waals surface area contributed by atoms with Crippen LogP contribution in [0.5, 0.6) is 0 Å². The van der Waals surface area contributed by atoms with Crippen molar-refractivity contribution in [3.63, 3.8) is 0 Å². The quantitative estimate of drug-likeness (QED) is 0.172. The Bertz CT molecular complexity index is 4710. The third-order valence-electron chi connectivity index (χ3n) is 18.5. The molecule has 5 atom stereocenters. The maximum atomic E-state index is 5.56. The van der Waals surface area contributed by atoms with Crippen molar-refractivity contribution < 1.29 is 0 Å². The summed E-state index contributed by atoms with van der Waals surface area (Å²) in [5, 5.41) is 7.64. The van der Waals surface area contributed by atoms with E-state index >= 15 is 0 Å². The number of fused-ring (bicyclic) bond motifs is 12. The molecule has 400 valence electrons. The van der Waals surface area contributed by atoms with Gasteiger partial charge in [-0.25, -0.2) is 15.0 Å². The molecule has 5 heterocycles. The number of allylic oxidation sites excluding steroid dienone is 2. The van der Waals surface area contributed by atoms with Crippen LogP contribution in [0, 0.1) is 0 Å². The van der Waals surface area contributed by atoms with E-state index in [0.29, 0.717) is 5.95 Å². The Morgan fingerprint density at radius 2 is 1.05 bits per heavy atom. The van der Waals surface area contributed by atoms with Gasteiger partial charge in [0, 0.05) is 61.6 Å². The van der Waals surface area contributed by atoms with Crippen molar-refractivity contribution in [1.29, 1.82) is 0 Å². The summed E-state index contributed by atoms with van der Waals surface area (Å²) in [5.74, 6) is 1.75. The number of guanidine groups is 1. The molecule has 7 nitrogen and oxygen atoms in total. The molecule has 0 amide bonds. The Labute approximate surface area is 488 Å². The molecule has 0 fully saturated rings. The number of aliphatic imine (C=N–C) groups is 1. The monoisotopic (exact) mass is 1080 g/mol. The lowest BCUT2D eigenvalue weighted by Gasteiger charge is -2.36. The van der Waals surface area contributed by atoms with Crippen LogP contribution in [0.25, 0.3) is 73.7 Å². The fraction of sp³-hybridized carbons (Fsp3) is 0.104. The number of hydrogen-bond acceptors (Lipinski definition) is 6. The van der Waals surface area contributed by atoms with Crippen LogP contribution < -0.4 is 25.7 Å². The van der Waals surface area contributed by atoms with Gasteiger partial charge in [-0.3, -0.25) is 0 Å². The first-order valence-corrected chi connectivity index (χ1v) is 29.4. The highest BCUT2D eigenvalue weighted by Gasteiger charge is 2.48. The minimum absolute atomic E-state index is 0.0417. The van der Waals surface area contributed by atoms with Crippen LogP contribution in [0.15, 0.2) is 271 Å². The van der Waals surface area contributed by atoms with Gasteiger partial charge in [0.05, 0.1) is 46.1 Å². The summed E-state index contributed by atoms with van der Waals surface area (Å²) >= 11 is 0. The standard InChI is InChI=1S/C77H57N7/c1-77(2)63-35-18-15-32-55(63)59-42-60-56-33-16-19-36-69(56)84(74(60)45-64(59)77)76-80-67(50-26-11-5-12-27-50)47-68(81-76)53-29-21-28-51(40-53)52-38-39-58-62-44-73-61(43-72(62)82(71(58)41-52)54-30-13-6-14-31-54)57-34-17-20-37-70(57)83(73)75-78-65(48-22-7-3-8-23-48)46-66(79-75)49-24-9-4-10-25-49/h3-47,60-61,68,73-74H,1-2H3,(H,80,81). The molecule has 0 bridgehead atoms. The summed E-state index contributed by atoms with van der Waals surface area (Å²) in [7, 11) is 0. The topological polar surface area (TPSA) is 61.6 Å². The molecule has 84 heavy (non-hydrogen) atoms. The molecule has 3 aliphatic heterocycles. The summed E-state index contributed by atoms with van der Waals surface area (Å²) in [6.45, 7) is 4.76. The predicted molar refractivity (Wildman–Crippen MR) is 344 cm³/mol. The summed E-state index contributed by atoms with van der Waals surface area (Å²) in [6, 6.07) is 87.3. The van der Waals surface area contributed by atoms with Gasteiger partial charge >= 0.3 is 0 Å². The van der Waals surface area contributed by atoms with Gasteiger partial charge in [0.2, 0.25) is 11.9 Å². The molecule has 9 aromatic carbocycles. The van der Waals surface area contributed by atoms with Crippen molar-refractivity contribution in [2.24, 2.45) is 4.99 Å². The van der Waals surface area contributed by atoms with Crippen LogP contribution in [0.1, 0.15) is 65.1 Å². The molecule has 11 aromatic rings. The van der Waals surface area contributed by atoms with Crippen molar-refractivity contribution in [3.05, 3.63) is 310 Å². The molecule has 0 saturated carbocycles. The van der Waals surface area contributed by atoms with E-state index in [1.54, 1.807) is 0 Å². The van der Waals surface area contributed by atoms with Crippen molar-refractivity contribution in [2.45, 2.75) is 49.2 Å². The van der Waals surface area contributed by atoms with E-state index in [1.807, 2.05) is 0 Å². The van der Waals surface area contributed by atoms with E-state index in [4.69, 9.17) is 15.0 Å². The molecule has 5 unspecified atom stereocenters. The van der Waals surface area contributed by atoms with E-state index < -0.39 is 0 Å². The van der Waals surface area contributed by atoms with E-state index in [1.165, 1.54) is 55.0 Å². The Morgan fingerprint density at radius 1 is 0.464 bits per heavy atom. The minimum atomic E-state index is -0.173. The van der Waals surface area contributed by atoms with Crippen LogP contribution >= 0.6 is 0 Å². The van der Waals surface area contributed by atoms with E-state index in [9.17, 15) is 0 Å². The summed E-state index contributed by atoms with van der Waals surface area (Å²) in [4.78, 5) is 21.2. The van der Waals surface area contributed by atoms with Crippen molar-refractivity contribution >= 4 is 57.6 Å². The number of hydrogen-bond donors (Lipinski definition) is 1. The van der Waals surface area contributed by atoms with Crippen molar-refractivity contribution in [2.75, 3.05) is 9.80 Å². The third kappa shape index (κ3) is 7.54. The van der Waals surface area contributed by atoms with E-state index in [2.05, 4.69) is 307 Å². The number of para-hydroxylation sites is 3. The number of benzene rings is 9. The SMILES string of the molecule is CC1(C)C2=CC3C(C=C2c2ccccc21)c1ccccc1N3C1=NC(c2ccccc2)=CC(c2cccc(-c3ccc4c5c(n(-c6ccccc6)c4c3)=CC3c4ccccc4N(c4nc(-c6ccccc6)cc(-c6ccccc6)n4)C3C=5)c2)N1. The predicted octanol–water partition coefficient (Wildman–Crippen LogP) is 15.6. The Morgan fingerprint density at radius 3 is 1.76 bits per heavy atom. The lowest BCUT2D eigenvalue weighted by Crippen LogP contribution is -2.48. The summed E-state index contributed by atoms with van der Waals surface area (Å²) in [6.07, 6.45) is 12.4.